The van der Waals surface area contributed by atoms with Crippen LogP contribution >= 0.6 is 0 Å². The summed E-state index contributed by atoms with van der Waals surface area (Å²) in [5.41, 5.74) is 2.56. The van der Waals surface area contributed by atoms with Crippen LogP contribution in [0.3, 0.4) is 0 Å². The fraction of sp³-hybridized carbons (Fsp3) is 0.455. The Morgan fingerprint density at radius 2 is 1.62 bits per heavy atom. The molecule has 2 fully saturated rings. The number of ether oxygens (including phenoxy) is 1. The molecule has 136 valence electrons. The van der Waals surface area contributed by atoms with Crippen molar-refractivity contribution < 1.29 is 9.53 Å². The molecular formula is C22H26N2O2. The predicted octanol–water partition coefficient (Wildman–Crippen LogP) is 3.85. The topological polar surface area (TPSA) is 42.4 Å². The molecule has 1 aromatic carbocycles. The van der Waals surface area contributed by atoms with E-state index < -0.39 is 0 Å². The summed E-state index contributed by atoms with van der Waals surface area (Å²) >= 11 is 0. The van der Waals surface area contributed by atoms with Crippen molar-refractivity contribution in [3.05, 3.63) is 59.9 Å². The van der Waals surface area contributed by atoms with Gasteiger partial charge in [-0.25, -0.2) is 0 Å². The molecule has 4 heteroatoms. The zero-order chi connectivity index (χ0) is 17.8. The molecule has 0 bridgehead atoms. The average Bonchev–Trinajstić information content (AvgIpc) is 3.54. The molecule has 2 heterocycles. The summed E-state index contributed by atoms with van der Waals surface area (Å²) in [6, 6.07) is 12.5. The summed E-state index contributed by atoms with van der Waals surface area (Å²) in [7, 11) is 0. The number of piperidine rings is 1. The van der Waals surface area contributed by atoms with Crippen LogP contribution in [0.2, 0.25) is 0 Å². The summed E-state index contributed by atoms with van der Waals surface area (Å²) in [6.45, 7) is 2.46. The maximum absolute atomic E-state index is 12.1. The van der Waals surface area contributed by atoms with E-state index in [1.807, 2.05) is 12.1 Å². The van der Waals surface area contributed by atoms with Crippen molar-refractivity contribution in [2.24, 2.45) is 11.8 Å². The van der Waals surface area contributed by atoms with Gasteiger partial charge in [0.05, 0.1) is 0 Å². The van der Waals surface area contributed by atoms with Crippen LogP contribution in [0.5, 0.6) is 5.75 Å². The minimum absolute atomic E-state index is 0.355. The fourth-order valence-electron chi connectivity index (χ4n) is 3.65. The molecule has 4 rings (SSSR count). The molecule has 1 saturated heterocycles. The molecule has 0 spiro atoms. The second kappa shape index (κ2) is 7.90. The van der Waals surface area contributed by atoms with Gasteiger partial charge in [-0.2, -0.15) is 0 Å². The Labute approximate surface area is 155 Å². The molecule has 26 heavy (non-hydrogen) atoms. The molecule has 0 unspecified atom stereocenters. The monoisotopic (exact) mass is 350 g/mol. The zero-order valence-electron chi connectivity index (χ0n) is 15.1. The number of carbonyl (C=O) groups is 1. The lowest BCUT2D eigenvalue weighted by Gasteiger charge is -2.32. The molecule has 2 aromatic rings. The van der Waals surface area contributed by atoms with E-state index in [0.29, 0.717) is 24.3 Å². The van der Waals surface area contributed by atoms with Gasteiger partial charge in [0.2, 0.25) is 5.91 Å². The minimum Gasteiger partial charge on any atom is -0.489 e. The Bertz CT molecular complexity index is 718. The molecule has 1 aromatic heterocycles. The van der Waals surface area contributed by atoms with Crippen LogP contribution in [0, 0.1) is 11.8 Å². The molecule has 2 aliphatic rings. The maximum atomic E-state index is 12.1. The molecule has 1 saturated carbocycles. The molecule has 1 amide bonds. The first-order valence-corrected chi connectivity index (χ1v) is 9.67. The van der Waals surface area contributed by atoms with Gasteiger partial charge < -0.3 is 9.64 Å². The van der Waals surface area contributed by atoms with Gasteiger partial charge in [-0.05, 0) is 61.3 Å². The first kappa shape index (κ1) is 17.1. The molecule has 4 nitrogen and oxygen atoms in total. The summed E-state index contributed by atoms with van der Waals surface area (Å²) in [6.07, 6.45) is 9.06. The van der Waals surface area contributed by atoms with Gasteiger partial charge in [0.1, 0.15) is 12.4 Å². The summed E-state index contributed by atoms with van der Waals surface area (Å²) in [4.78, 5) is 18.2. The number of nitrogens with zero attached hydrogens (tertiary/aromatic N) is 2. The van der Waals surface area contributed by atoms with E-state index in [0.717, 1.165) is 50.9 Å². The van der Waals surface area contributed by atoms with Gasteiger partial charge >= 0.3 is 0 Å². The second-order valence-corrected chi connectivity index (χ2v) is 7.54. The van der Waals surface area contributed by atoms with Gasteiger partial charge in [0, 0.05) is 31.4 Å². The SMILES string of the molecule is O=C(C1CC1)N1CCC(Cc2ccc(COc3ccncc3)cc2)CC1. The number of carbonyl (C=O) groups excluding carboxylic acids is 1. The smallest absolute Gasteiger partial charge is 0.225 e. The normalized spacial score (nSPS) is 17.9. The summed E-state index contributed by atoms with van der Waals surface area (Å²) < 4.78 is 5.76. The second-order valence-electron chi connectivity index (χ2n) is 7.54. The molecule has 0 atom stereocenters. The van der Waals surface area contributed by atoms with E-state index in [4.69, 9.17) is 4.74 Å². The van der Waals surface area contributed by atoms with E-state index in [2.05, 4.69) is 34.1 Å². The quantitative estimate of drug-likeness (QED) is 0.795. The van der Waals surface area contributed by atoms with Gasteiger partial charge in [-0.3, -0.25) is 9.78 Å². The van der Waals surface area contributed by atoms with Gasteiger partial charge in [0.15, 0.2) is 0 Å². The number of rotatable bonds is 6. The number of aromatic nitrogens is 1. The number of benzene rings is 1. The number of amides is 1. The molecule has 0 N–H and O–H groups in total. The fourth-order valence-corrected chi connectivity index (χ4v) is 3.65. The summed E-state index contributed by atoms with van der Waals surface area (Å²) in [5.74, 6) is 2.30. The van der Waals surface area contributed by atoms with Crippen molar-refractivity contribution in [1.82, 2.24) is 9.88 Å². The van der Waals surface area contributed by atoms with Crippen molar-refractivity contribution in [2.45, 2.75) is 38.7 Å². The van der Waals surface area contributed by atoms with E-state index in [-0.39, 0.29) is 0 Å². The van der Waals surface area contributed by atoms with Crippen LogP contribution in [0.15, 0.2) is 48.8 Å². The van der Waals surface area contributed by atoms with E-state index in [1.165, 1.54) is 11.1 Å². The molecular weight excluding hydrogens is 324 g/mol. The zero-order valence-corrected chi connectivity index (χ0v) is 15.1. The van der Waals surface area contributed by atoms with Crippen LogP contribution in [0.1, 0.15) is 36.8 Å². The van der Waals surface area contributed by atoms with E-state index in [9.17, 15) is 4.79 Å². The Hall–Kier alpha value is -2.36. The lowest BCUT2D eigenvalue weighted by Crippen LogP contribution is -2.39. The molecule has 1 aliphatic heterocycles. The maximum Gasteiger partial charge on any atom is 0.225 e. The van der Waals surface area contributed by atoms with Crippen LogP contribution in [0.4, 0.5) is 0 Å². The highest BCUT2D eigenvalue weighted by atomic mass is 16.5. The van der Waals surface area contributed by atoms with Crippen LogP contribution in [0.25, 0.3) is 0 Å². The largest absolute Gasteiger partial charge is 0.489 e. The lowest BCUT2D eigenvalue weighted by atomic mass is 9.90. The molecule has 1 aliphatic carbocycles. The van der Waals surface area contributed by atoms with Crippen LogP contribution in [-0.4, -0.2) is 28.9 Å². The highest BCUT2D eigenvalue weighted by molar-refractivity contribution is 5.81. The highest BCUT2D eigenvalue weighted by Gasteiger charge is 2.34. The molecule has 0 radical (unpaired) electrons. The lowest BCUT2D eigenvalue weighted by molar-refractivity contribution is -0.133. The average molecular weight is 350 g/mol. The van der Waals surface area contributed by atoms with E-state index in [1.54, 1.807) is 12.4 Å². The van der Waals surface area contributed by atoms with Crippen molar-refractivity contribution in [2.75, 3.05) is 13.1 Å². The predicted molar refractivity (Wildman–Crippen MR) is 101 cm³/mol. The standard InChI is InChI=1S/C22H26N2O2/c25-22(20-5-6-20)24-13-9-18(10-14-24)15-17-1-3-19(4-2-17)16-26-21-7-11-23-12-8-21/h1-4,7-8,11-12,18,20H,5-6,9-10,13-16H2. The minimum atomic E-state index is 0.355. The van der Waals surface area contributed by atoms with Crippen molar-refractivity contribution in [1.29, 1.82) is 0 Å². The number of pyridine rings is 1. The van der Waals surface area contributed by atoms with Crippen LogP contribution < -0.4 is 4.74 Å². The highest BCUT2D eigenvalue weighted by Crippen LogP contribution is 2.33. The Balaban J connectivity index is 1.23. The van der Waals surface area contributed by atoms with Crippen LogP contribution in [-0.2, 0) is 17.8 Å². The number of likely N-dealkylation sites (tertiary alicyclic amines) is 1. The Kier molecular flexibility index (Phi) is 5.19. The Morgan fingerprint density at radius 1 is 0.962 bits per heavy atom. The first-order valence-electron chi connectivity index (χ1n) is 9.67. The van der Waals surface area contributed by atoms with Crippen molar-refractivity contribution in [3.8, 4) is 5.75 Å². The van der Waals surface area contributed by atoms with E-state index >= 15 is 0 Å². The summed E-state index contributed by atoms with van der Waals surface area (Å²) in [5, 5.41) is 0. The van der Waals surface area contributed by atoms with Crippen molar-refractivity contribution in [3.63, 3.8) is 0 Å². The van der Waals surface area contributed by atoms with Gasteiger partial charge in [-0.1, -0.05) is 24.3 Å². The van der Waals surface area contributed by atoms with Gasteiger partial charge in [-0.15, -0.1) is 0 Å². The Morgan fingerprint density at radius 3 is 2.27 bits per heavy atom. The first-order chi connectivity index (χ1) is 12.8. The third-order valence-electron chi connectivity index (χ3n) is 5.46. The third kappa shape index (κ3) is 4.43. The van der Waals surface area contributed by atoms with Gasteiger partial charge in [0.25, 0.3) is 0 Å². The third-order valence-corrected chi connectivity index (χ3v) is 5.46. The number of hydrogen-bond donors (Lipinski definition) is 0. The van der Waals surface area contributed by atoms with Crippen molar-refractivity contribution >= 4 is 5.91 Å². The number of hydrogen-bond acceptors (Lipinski definition) is 3.